The number of benzene rings is 10. The van der Waals surface area contributed by atoms with Gasteiger partial charge in [-0.1, -0.05) is 188 Å². The number of anilines is 3. The normalized spacial score (nSPS) is 12.9. The predicted molar refractivity (Wildman–Crippen MR) is 268 cm³/mol. The van der Waals surface area contributed by atoms with Gasteiger partial charge in [0, 0.05) is 25.9 Å². The molecule has 1 aromatic heterocycles. The minimum Gasteiger partial charge on any atom is -0.310 e. The van der Waals surface area contributed by atoms with Gasteiger partial charge >= 0.3 is 0 Å². The van der Waals surface area contributed by atoms with Crippen molar-refractivity contribution in [1.29, 1.82) is 0 Å². The van der Waals surface area contributed by atoms with E-state index in [1.165, 1.54) is 86.9 Å². The topological polar surface area (TPSA) is 3.24 Å². The van der Waals surface area contributed by atoms with Crippen LogP contribution in [0.2, 0.25) is 0 Å². The van der Waals surface area contributed by atoms with Crippen LogP contribution in [-0.4, -0.2) is 0 Å². The van der Waals surface area contributed by atoms with Gasteiger partial charge in [0.15, 0.2) is 0 Å². The minimum atomic E-state index is -0.639. The summed E-state index contributed by atoms with van der Waals surface area (Å²) in [6, 6.07) is 91.8. The summed E-state index contributed by atoms with van der Waals surface area (Å²) in [6.45, 7) is 0. The zero-order valence-corrected chi connectivity index (χ0v) is 35.3. The lowest BCUT2D eigenvalue weighted by Gasteiger charge is -2.47. The Hall–Kier alpha value is -7.78. The molecule has 2 heterocycles. The van der Waals surface area contributed by atoms with E-state index in [0.29, 0.717) is 0 Å². The van der Waals surface area contributed by atoms with E-state index in [1.54, 1.807) is 0 Å². The first-order valence-electron chi connectivity index (χ1n) is 21.7. The Labute approximate surface area is 372 Å². The molecular weight excluding hydrogens is 779 g/mol. The maximum absolute atomic E-state index is 2.50. The van der Waals surface area contributed by atoms with Gasteiger partial charge in [-0.2, -0.15) is 0 Å². The molecule has 0 saturated carbocycles. The molecule has 1 nitrogen and oxygen atoms in total. The first-order valence-corrected chi connectivity index (χ1v) is 22.5. The standard InChI is InChI=1S/C61H41NS/c1-5-17-42(18-6-1)48-31-34-57-55(40-48)61(50-24-9-3-10-25-50,51-26-11-4-12-27-51)56-41-49(43-19-7-2-8-20-43)32-35-58(56)62(57)52-28-16-23-46(38-52)44-21-15-22-45(37-44)47-33-36-60-54(39-47)53-29-13-14-30-59(53)63-60/h1-41H. The molecule has 0 amide bonds. The summed E-state index contributed by atoms with van der Waals surface area (Å²) in [5.41, 5.74) is 17.3. The molecule has 0 radical (unpaired) electrons. The van der Waals surface area contributed by atoms with Gasteiger partial charge in [0.2, 0.25) is 0 Å². The van der Waals surface area contributed by atoms with Crippen molar-refractivity contribution < 1.29 is 0 Å². The van der Waals surface area contributed by atoms with Crippen LogP contribution in [0.5, 0.6) is 0 Å². The molecule has 1 aliphatic rings. The second kappa shape index (κ2) is 15.3. The van der Waals surface area contributed by atoms with Crippen molar-refractivity contribution in [3.63, 3.8) is 0 Å². The van der Waals surface area contributed by atoms with Crippen LogP contribution in [0.25, 0.3) is 64.7 Å². The van der Waals surface area contributed by atoms with Crippen molar-refractivity contribution in [2.75, 3.05) is 4.90 Å². The van der Waals surface area contributed by atoms with Crippen molar-refractivity contribution >= 4 is 48.6 Å². The van der Waals surface area contributed by atoms with Gasteiger partial charge in [0.05, 0.1) is 16.8 Å². The first kappa shape index (κ1) is 37.0. The number of hydrogen-bond acceptors (Lipinski definition) is 2. The number of thiophene rings is 1. The molecular formula is C61H41NS. The fourth-order valence-corrected chi connectivity index (χ4v) is 11.1. The lowest BCUT2D eigenvalue weighted by molar-refractivity contribution is 0.732. The van der Waals surface area contributed by atoms with Crippen LogP contribution in [0, 0.1) is 0 Å². The van der Waals surface area contributed by atoms with E-state index in [0.717, 1.165) is 17.1 Å². The molecule has 0 spiro atoms. The quantitative estimate of drug-likeness (QED) is 0.155. The Balaban J connectivity index is 1.08. The maximum Gasteiger partial charge on any atom is 0.0742 e. The van der Waals surface area contributed by atoms with Gasteiger partial charge in [0.25, 0.3) is 0 Å². The summed E-state index contributed by atoms with van der Waals surface area (Å²) >= 11 is 1.86. The van der Waals surface area contributed by atoms with Crippen molar-refractivity contribution in [3.05, 3.63) is 271 Å². The van der Waals surface area contributed by atoms with Crippen LogP contribution in [0.1, 0.15) is 22.3 Å². The van der Waals surface area contributed by atoms with Gasteiger partial charge < -0.3 is 4.90 Å². The van der Waals surface area contributed by atoms with Crippen molar-refractivity contribution in [2.24, 2.45) is 0 Å². The van der Waals surface area contributed by atoms with E-state index in [1.807, 2.05) is 11.3 Å². The molecule has 0 aliphatic carbocycles. The second-order valence-electron chi connectivity index (χ2n) is 16.5. The molecule has 63 heavy (non-hydrogen) atoms. The van der Waals surface area contributed by atoms with Gasteiger partial charge in [-0.25, -0.2) is 0 Å². The number of rotatable bonds is 7. The Morgan fingerprint density at radius 2 is 0.714 bits per heavy atom. The lowest BCUT2D eigenvalue weighted by Crippen LogP contribution is -2.38. The van der Waals surface area contributed by atoms with Crippen LogP contribution in [0.4, 0.5) is 17.1 Å². The highest BCUT2D eigenvalue weighted by Gasteiger charge is 2.47. The fourth-order valence-electron chi connectivity index (χ4n) is 10.0. The van der Waals surface area contributed by atoms with E-state index >= 15 is 0 Å². The fraction of sp³-hybridized carbons (Fsp3) is 0.0164. The predicted octanol–water partition coefficient (Wildman–Crippen LogP) is 16.9. The molecule has 0 N–H and O–H groups in total. The third kappa shape index (κ3) is 6.22. The van der Waals surface area contributed by atoms with Gasteiger partial charge in [-0.05, 0) is 127 Å². The maximum atomic E-state index is 2.50. The van der Waals surface area contributed by atoms with Crippen molar-refractivity contribution in [1.82, 2.24) is 0 Å². The van der Waals surface area contributed by atoms with E-state index in [-0.39, 0.29) is 0 Å². The summed E-state index contributed by atoms with van der Waals surface area (Å²) in [4.78, 5) is 2.50. The SMILES string of the molecule is c1ccc(-c2ccc3c(c2)C(c2ccccc2)(c2ccccc2)c2cc(-c4ccccc4)ccc2N3c2cccc(-c3cccc(-c4ccc5sc6ccccc6c5c4)c3)c2)cc1. The molecule has 0 saturated heterocycles. The van der Waals surface area contributed by atoms with Crippen LogP contribution < -0.4 is 4.90 Å². The summed E-state index contributed by atoms with van der Waals surface area (Å²) in [7, 11) is 0. The van der Waals surface area contributed by atoms with Crippen LogP contribution >= 0.6 is 11.3 Å². The van der Waals surface area contributed by atoms with E-state index in [2.05, 4.69) is 254 Å². The van der Waals surface area contributed by atoms with Crippen LogP contribution in [-0.2, 0) is 5.41 Å². The third-order valence-electron chi connectivity index (χ3n) is 12.9. The van der Waals surface area contributed by atoms with Crippen LogP contribution in [0.15, 0.2) is 249 Å². The smallest absolute Gasteiger partial charge is 0.0742 e. The Kier molecular flexibility index (Phi) is 8.98. The van der Waals surface area contributed by atoms with E-state index < -0.39 is 5.41 Å². The van der Waals surface area contributed by atoms with Crippen molar-refractivity contribution in [2.45, 2.75) is 5.41 Å². The molecule has 10 aromatic carbocycles. The Morgan fingerprint density at radius 1 is 0.286 bits per heavy atom. The second-order valence-corrected chi connectivity index (χ2v) is 17.5. The number of fused-ring (bicyclic) bond motifs is 5. The molecule has 296 valence electrons. The van der Waals surface area contributed by atoms with E-state index in [4.69, 9.17) is 0 Å². The molecule has 0 bridgehead atoms. The highest BCUT2D eigenvalue weighted by Crippen LogP contribution is 2.59. The lowest BCUT2D eigenvalue weighted by atomic mass is 9.62. The zero-order valence-electron chi connectivity index (χ0n) is 34.5. The summed E-state index contributed by atoms with van der Waals surface area (Å²) < 4.78 is 2.65. The molecule has 0 atom stereocenters. The van der Waals surface area contributed by atoms with E-state index in [9.17, 15) is 0 Å². The molecule has 0 fully saturated rings. The minimum absolute atomic E-state index is 0.639. The Bertz CT molecular complexity index is 3310. The summed E-state index contributed by atoms with van der Waals surface area (Å²) in [5, 5.41) is 2.64. The average molecular weight is 820 g/mol. The molecule has 1 aliphatic heterocycles. The third-order valence-corrected chi connectivity index (χ3v) is 14.1. The van der Waals surface area contributed by atoms with Crippen LogP contribution in [0.3, 0.4) is 0 Å². The summed E-state index contributed by atoms with van der Waals surface area (Å²) in [6.07, 6.45) is 0. The average Bonchev–Trinajstić information content (AvgIpc) is 3.74. The number of hydrogen-bond donors (Lipinski definition) is 0. The largest absolute Gasteiger partial charge is 0.310 e. The van der Waals surface area contributed by atoms with Gasteiger partial charge in [0.1, 0.15) is 0 Å². The molecule has 12 rings (SSSR count). The first-order chi connectivity index (χ1) is 31.2. The highest BCUT2D eigenvalue weighted by molar-refractivity contribution is 7.25. The van der Waals surface area contributed by atoms with Gasteiger partial charge in [-0.15, -0.1) is 11.3 Å². The summed E-state index contributed by atoms with van der Waals surface area (Å²) in [5.74, 6) is 0. The number of nitrogens with zero attached hydrogens (tertiary/aromatic N) is 1. The molecule has 2 heteroatoms. The monoisotopic (exact) mass is 819 g/mol. The molecule has 0 unspecified atom stereocenters. The van der Waals surface area contributed by atoms with Crippen molar-refractivity contribution in [3.8, 4) is 44.5 Å². The molecule has 11 aromatic rings. The zero-order chi connectivity index (χ0) is 41.7. The Morgan fingerprint density at radius 3 is 1.30 bits per heavy atom. The highest BCUT2D eigenvalue weighted by atomic mass is 32.1. The van der Waals surface area contributed by atoms with Gasteiger partial charge in [-0.3, -0.25) is 0 Å².